The molecule has 3 aromatic carbocycles. The molecule has 0 amide bonds. The molecule has 0 aromatic heterocycles. The monoisotopic (exact) mass is 456 g/mol. The molecule has 0 aliphatic heterocycles. The molecule has 0 aliphatic rings. The van der Waals surface area contributed by atoms with Gasteiger partial charge in [-0.3, -0.25) is 0 Å². The summed E-state index contributed by atoms with van der Waals surface area (Å²) in [6.45, 7) is 25.3. The van der Waals surface area contributed by atoms with Gasteiger partial charge < -0.3 is 5.11 Å². The third kappa shape index (κ3) is 4.85. The zero-order chi connectivity index (χ0) is 26.1. The second kappa shape index (κ2) is 10.6. The van der Waals surface area contributed by atoms with Gasteiger partial charge in [-0.2, -0.15) is 0 Å². The van der Waals surface area contributed by atoms with E-state index in [1.54, 1.807) is 0 Å². The van der Waals surface area contributed by atoms with Crippen LogP contribution in [0.3, 0.4) is 0 Å². The highest BCUT2D eigenvalue weighted by Crippen LogP contribution is 2.23. The van der Waals surface area contributed by atoms with Crippen LogP contribution in [-0.2, 0) is 0 Å². The second-order valence-corrected chi connectivity index (χ2v) is 9.65. The van der Waals surface area contributed by atoms with Crippen LogP contribution in [0.4, 0.5) is 0 Å². The quantitative estimate of drug-likeness (QED) is 0.488. The number of benzene rings is 3. The molecule has 0 unspecified atom stereocenters. The number of aromatic carboxylic acids is 1. The van der Waals surface area contributed by atoms with Crippen LogP contribution in [0.1, 0.15) is 79.8 Å². The molecule has 1 N–H and O–H groups in total. The summed E-state index contributed by atoms with van der Waals surface area (Å²) < 4.78 is 0. The lowest BCUT2D eigenvalue weighted by atomic mass is 9.32. The standard InChI is InChI=1S/C29H35BO2.C2H6/c1-15-11-17(3)26(18(4)12-15)30(27-19(5)13-16(2)14-20(27)6)28-23(9)21(7)25(29(31)32)22(8)24(28)10;1-2/h11-14H,1-10H3,(H,31,32);1-2H3. The Labute approximate surface area is 207 Å². The molecular weight excluding hydrogens is 415 g/mol. The van der Waals surface area contributed by atoms with Gasteiger partial charge in [-0.25, -0.2) is 4.79 Å². The van der Waals surface area contributed by atoms with Gasteiger partial charge in [0.25, 0.3) is 0 Å². The van der Waals surface area contributed by atoms with Crippen molar-refractivity contribution in [1.82, 2.24) is 0 Å². The van der Waals surface area contributed by atoms with Crippen LogP contribution in [0, 0.1) is 69.2 Å². The average Bonchev–Trinajstić information content (AvgIpc) is 2.72. The van der Waals surface area contributed by atoms with Crippen molar-refractivity contribution in [2.75, 3.05) is 0 Å². The number of aryl methyl sites for hydroxylation is 6. The summed E-state index contributed by atoms with van der Waals surface area (Å²) in [7, 11) is 0. The van der Waals surface area contributed by atoms with E-state index in [4.69, 9.17) is 0 Å². The van der Waals surface area contributed by atoms with Gasteiger partial charge in [0.2, 0.25) is 6.71 Å². The molecule has 3 rings (SSSR count). The first kappa shape index (κ1) is 27.4. The van der Waals surface area contributed by atoms with Crippen LogP contribution in [0.2, 0.25) is 0 Å². The molecule has 34 heavy (non-hydrogen) atoms. The maximum Gasteiger partial charge on any atom is 0.336 e. The molecule has 0 fully saturated rings. The van der Waals surface area contributed by atoms with Crippen molar-refractivity contribution in [2.24, 2.45) is 0 Å². The average molecular weight is 456 g/mol. The smallest absolute Gasteiger partial charge is 0.336 e. The fourth-order valence-corrected chi connectivity index (χ4v) is 5.82. The minimum atomic E-state index is -0.848. The van der Waals surface area contributed by atoms with E-state index in [1.807, 2.05) is 27.7 Å². The van der Waals surface area contributed by atoms with Gasteiger partial charge in [-0.1, -0.05) is 99.0 Å². The van der Waals surface area contributed by atoms with E-state index in [2.05, 4.69) is 79.7 Å². The zero-order valence-corrected chi connectivity index (χ0v) is 23.2. The number of carbonyl (C=O) groups is 1. The van der Waals surface area contributed by atoms with Gasteiger partial charge in [0.1, 0.15) is 0 Å². The molecule has 0 aliphatic carbocycles. The first-order valence-corrected chi connectivity index (χ1v) is 12.4. The second-order valence-electron chi connectivity index (χ2n) is 9.65. The van der Waals surface area contributed by atoms with Crippen LogP contribution in [0.5, 0.6) is 0 Å². The minimum Gasteiger partial charge on any atom is -0.478 e. The van der Waals surface area contributed by atoms with Crippen molar-refractivity contribution in [3.63, 3.8) is 0 Å². The molecule has 0 saturated carbocycles. The third-order valence-corrected chi connectivity index (χ3v) is 7.24. The minimum absolute atomic E-state index is 0.0523. The van der Waals surface area contributed by atoms with E-state index >= 15 is 0 Å². The summed E-state index contributed by atoms with van der Waals surface area (Å²) >= 11 is 0. The number of hydrogen-bond donors (Lipinski definition) is 1. The van der Waals surface area contributed by atoms with E-state index in [0.717, 1.165) is 22.3 Å². The lowest BCUT2D eigenvalue weighted by Gasteiger charge is -2.29. The van der Waals surface area contributed by atoms with Crippen molar-refractivity contribution in [1.29, 1.82) is 0 Å². The SMILES string of the molecule is CC.Cc1cc(C)c(B(c2c(C)cc(C)cc2C)c2c(C)c(C)c(C(=O)O)c(C)c2C)c(C)c1. The molecule has 0 saturated heterocycles. The highest BCUT2D eigenvalue weighted by atomic mass is 16.4. The molecule has 0 spiro atoms. The molecule has 0 heterocycles. The predicted molar refractivity (Wildman–Crippen MR) is 150 cm³/mol. The fraction of sp³-hybridized carbons (Fsp3) is 0.387. The first-order chi connectivity index (χ1) is 15.9. The fourth-order valence-electron chi connectivity index (χ4n) is 5.82. The Bertz CT molecular complexity index is 1120. The zero-order valence-electron chi connectivity index (χ0n) is 23.2. The Morgan fingerprint density at radius 3 is 1.12 bits per heavy atom. The maximum atomic E-state index is 12.1. The van der Waals surface area contributed by atoms with Gasteiger partial charge in [0, 0.05) is 0 Å². The Kier molecular flexibility index (Phi) is 8.58. The molecule has 3 heteroatoms. The third-order valence-electron chi connectivity index (χ3n) is 7.24. The molecule has 2 nitrogen and oxygen atoms in total. The van der Waals surface area contributed by atoms with Crippen molar-refractivity contribution in [2.45, 2.75) is 83.1 Å². The van der Waals surface area contributed by atoms with Crippen LogP contribution in [-0.4, -0.2) is 17.8 Å². The van der Waals surface area contributed by atoms with Gasteiger partial charge in [0.15, 0.2) is 0 Å². The topological polar surface area (TPSA) is 37.3 Å². The Morgan fingerprint density at radius 2 is 0.853 bits per heavy atom. The lowest BCUT2D eigenvalue weighted by Crippen LogP contribution is -2.58. The Morgan fingerprint density at radius 1 is 0.559 bits per heavy atom. The van der Waals surface area contributed by atoms with E-state index in [1.165, 1.54) is 49.8 Å². The summed E-state index contributed by atoms with van der Waals surface area (Å²) in [5, 5.41) is 9.90. The van der Waals surface area contributed by atoms with Gasteiger partial charge in [0.05, 0.1) is 5.56 Å². The first-order valence-electron chi connectivity index (χ1n) is 12.4. The van der Waals surface area contributed by atoms with E-state index in [9.17, 15) is 9.90 Å². The van der Waals surface area contributed by atoms with Crippen molar-refractivity contribution in [3.05, 3.63) is 85.5 Å². The largest absolute Gasteiger partial charge is 0.478 e. The van der Waals surface area contributed by atoms with Gasteiger partial charge in [-0.05, 0) is 80.4 Å². The number of hydrogen-bond acceptors (Lipinski definition) is 1. The van der Waals surface area contributed by atoms with E-state index in [-0.39, 0.29) is 6.71 Å². The van der Waals surface area contributed by atoms with Crippen molar-refractivity contribution < 1.29 is 9.90 Å². The summed E-state index contributed by atoms with van der Waals surface area (Å²) in [6.07, 6.45) is 0. The summed E-state index contributed by atoms with van der Waals surface area (Å²) in [5.41, 5.74) is 15.9. The normalized spacial score (nSPS) is 10.6. The van der Waals surface area contributed by atoms with Crippen molar-refractivity contribution >= 4 is 29.1 Å². The van der Waals surface area contributed by atoms with Gasteiger partial charge >= 0.3 is 5.97 Å². The van der Waals surface area contributed by atoms with E-state index in [0.29, 0.717) is 5.56 Å². The Hall–Kier alpha value is -2.81. The molecule has 0 bridgehead atoms. The predicted octanol–water partition coefficient (Wildman–Crippen LogP) is 6.01. The molecule has 180 valence electrons. The van der Waals surface area contributed by atoms with Crippen LogP contribution < -0.4 is 16.4 Å². The lowest BCUT2D eigenvalue weighted by molar-refractivity contribution is 0.0695. The number of carboxylic acids is 1. The summed E-state index contributed by atoms with van der Waals surface area (Å²) in [5.74, 6) is -0.848. The highest BCUT2D eigenvalue weighted by Gasteiger charge is 2.33. The van der Waals surface area contributed by atoms with Gasteiger partial charge in [-0.15, -0.1) is 0 Å². The Balaban J connectivity index is 0.00000199. The summed E-state index contributed by atoms with van der Waals surface area (Å²) in [6, 6.07) is 9.07. The van der Waals surface area contributed by atoms with Crippen LogP contribution in [0.25, 0.3) is 0 Å². The molecule has 0 atom stereocenters. The van der Waals surface area contributed by atoms with E-state index < -0.39 is 5.97 Å². The molecular formula is C31H41BO2. The maximum absolute atomic E-state index is 12.1. The van der Waals surface area contributed by atoms with Crippen LogP contribution in [0.15, 0.2) is 24.3 Å². The number of rotatable bonds is 4. The number of carboxylic acid groups (broad SMARTS) is 1. The van der Waals surface area contributed by atoms with Crippen molar-refractivity contribution in [3.8, 4) is 0 Å². The summed E-state index contributed by atoms with van der Waals surface area (Å²) in [4.78, 5) is 12.1. The molecule has 0 radical (unpaired) electrons. The highest BCUT2D eigenvalue weighted by molar-refractivity contribution is 6.97. The molecule has 3 aromatic rings. The van der Waals surface area contributed by atoms with Crippen LogP contribution >= 0.6 is 0 Å².